The van der Waals surface area contributed by atoms with Gasteiger partial charge in [0.05, 0.1) is 30.9 Å². The van der Waals surface area contributed by atoms with Crippen molar-refractivity contribution in [3.63, 3.8) is 0 Å². The van der Waals surface area contributed by atoms with Gasteiger partial charge in [-0.25, -0.2) is 4.98 Å². The van der Waals surface area contributed by atoms with Crippen molar-refractivity contribution in [2.75, 3.05) is 6.79 Å². The summed E-state index contributed by atoms with van der Waals surface area (Å²) >= 11 is 0. The van der Waals surface area contributed by atoms with Gasteiger partial charge in [0.15, 0.2) is 0 Å². The van der Waals surface area contributed by atoms with Crippen molar-refractivity contribution < 1.29 is 9.84 Å². The van der Waals surface area contributed by atoms with E-state index in [4.69, 9.17) is 9.84 Å². The zero-order chi connectivity index (χ0) is 12.1. The van der Waals surface area contributed by atoms with Gasteiger partial charge in [0.2, 0.25) is 0 Å². The monoisotopic (exact) mass is 232 g/mol. The maximum atomic E-state index is 8.66. The molecule has 0 bridgehead atoms. The van der Waals surface area contributed by atoms with E-state index in [0.717, 1.165) is 5.69 Å². The molecule has 1 N–H and O–H groups in total. The van der Waals surface area contributed by atoms with Gasteiger partial charge in [0, 0.05) is 0 Å². The molecule has 0 fully saturated rings. The minimum absolute atomic E-state index is 0.205. The maximum Gasteiger partial charge on any atom is 0.144 e. The Labute approximate surface area is 100 Å². The van der Waals surface area contributed by atoms with Crippen molar-refractivity contribution in [3.8, 4) is 0 Å². The van der Waals surface area contributed by atoms with E-state index >= 15 is 0 Å². The Kier molecular flexibility index (Phi) is 3.90. The van der Waals surface area contributed by atoms with E-state index in [0.29, 0.717) is 6.61 Å². The minimum atomic E-state index is -0.273. The molecular weight excluding hydrogens is 216 g/mol. The first-order valence-electron chi connectivity index (χ1n) is 5.57. The molecule has 0 aliphatic carbocycles. The lowest BCUT2D eigenvalue weighted by Crippen LogP contribution is -2.10. The quantitative estimate of drug-likeness (QED) is 0.802. The third kappa shape index (κ3) is 2.72. The summed E-state index contributed by atoms with van der Waals surface area (Å²) < 4.78 is 7.05. The van der Waals surface area contributed by atoms with Crippen LogP contribution in [0.2, 0.25) is 0 Å². The van der Waals surface area contributed by atoms with Crippen molar-refractivity contribution in [1.29, 1.82) is 0 Å². The van der Waals surface area contributed by atoms with E-state index in [1.54, 1.807) is 12.5 Å². The molecule has 2 aromatic rings. The second-order valence-corrected chi connectivity index (χ2v) is 3.86. The summed E-state index contributed by atoms with van der Waals surface area (Å²) in [4.78, 5) is 4.12. The zero-order valence-electron chi connectivity index (χ0n) is 9.78. The van der Waals surface area contributed by atoms with Crippen molar-refractivity contribution in [2.45, 2.75) is 19.6 Å². The van der Waals surface area contributed by atoms with Gasteiger partial charge in [-0.05, 0) is 12.5 Å². The number of nitrogens with zero attached hydrogens (tertiary/aromatic N) is 2. The van der Waals surface area contributed by atoms with Crippen LogP contribution < -0.4 is 0 Å². The fourth-order valence-corrected chi connectivity index (χ4v) is 1.83. The molecule has 2 rings (SSSR count). The van der Waals surface area contributed by atoms with Crippen LogP contribution >= 0.6 is 0 Å². The Morgan fingerprint density at radius 2 is 2.12 bits per heavy atom. The minimum Gasteiger partial charge on any atom is -0.371 e. The molecule has 90 valence electrons. The van der Waals surface area contributed by atoms with Crippen molar-refractivity contribution in [3.05, 3.63) is 54.1 Å². The molecule has 0 radical (unpaired) electrons. The average Bonchev–Trinajstić information content (AvgIpc) is 2.84. The number of imidazole rings is 1. The maximum absolute atomic E-state index is 8.66. The lowest BCUT2D eigenvalue weighted by molar-refractivity contribution is -0.0136. The number of aromatic nitrogens is 2. The summed E-state index contributed by atoms with van der Waals surface area (Å²) in [6.07, 6.45) is 3.54. The van der Waals surface area contributed by atoms with Crippen LogP contribution in [0.25, 0.3) is 0 Å². The first-order chi connectivity index (χ1) is 8.33. The molecule has 1 heterocycles. The highest BCUT2D eigenvalue weighted by Crippen LogP contribution is 2.19. The molecule has 17 heavy (non-hydrogen) atoms. The molecule has 0 aliphatic heterocycles. The lowest BCUT2D eigenvalue weighted by atomic mass is 10.1. The van der Waals surface area contributed by atoms with E-state index in [-0.39, 0.29) is 12.8 Å². The Bertz CT molecular complexity index is 453. The predicted molar refractivity (Wildman–Crippen MR) is 64.4 cm³/mol. The summed E-state index contributed by atoms with van der Waals surface area (Å²) in [7, 11) is 0. The summed E-state index contributed by atoms with van der Waals surface area (Å²) in [5.74, 6) is 0. The van der Waals surface area contributed by atoms with E-state index in [9.17, 15) is 0 Å². The van der Waals surface area contributed by atoms with Crippen LogP contribution in [0.15, 0.2) is 42.9 Å². The SMILES string of the molecule is C[C@H](c1ccccc1)n1cncc1COCO. The molecule has 0 amide bonds. The van der Waals surface area contributed by atoms with Crippen LogP contribution in [0.4, 0.5) is 0 Å². The van der Waals surface area contributed by atoms with Gasteiger partial charge < -0.3 is 14.4 Å². The Hall–Kier alpha value is -1.65. The van der Waals surface area contributed by atoms with E-state index in [1.165, 1.54) is 5.56 Å². The van der Waals surface area contributed by atoms with Gasteiger partial charge in [-0.15, -0.1) is 0 Å². The average molecular weight is 232 g/mol. The third-order valence-corrected chi connectivity index (χ3v) is 2.79. The van der Waals surface area contributed by atoms with Crippen LogP contribution in [0.5, 0.6) is 0 Å². The largest absolute Gasteiger partial charge is 0.371 e. The number of aliphatic hydroxyl groups excluding tert-OH is 1. The molecule has 1 atom stereocenters. The van der Waals surface area contributed by atoms with E-state index in [2.05, 4.69) is 24.0 Å². The molecule has 0 unspecified atom stereocenters. The highest BCUT2D eigenvalue weighted by Gasteiger charge is 2.11. The van der Waals surface area contributed by atoms with Crippen LogP contribution in [0.3, 0.4) is 0 Å². The number of aliphatic hydroxyl groups is 1. The molecule has 0 saturated heterocycles. The first kappa shape index (κ1) is 11.8. The highest BCUT2D eigenvalue weighted by atomic mass is 16.6. The normalized spacial score (nSPS) is 12.6. The fourth-order valence-electron chi connectivity index (χ4n) is 1.83. The molecule has 1 aromatic carbocycles. The summed E-state index contributed by atoms with van der Waals surface area (Å²) in [5, 5.41) is 8.66. The van der Waals surface area contributed by atoms with Crippen molar-refractivity contribution in [2.24, 2.45) is 0 Å². The van der Waals surface area contributed by atoms with Gasteiger partial charge in [0.25, 0.3) is 0 Å². The Morgan fingerprint density at radius 3 is 2.82 bits per heavy atom. The van der Waals surface area contributed by atoms with E-state index < -0.39 is 0 Å². The molecule has 1 aromatic heterocycles. The number of hydrogen-bond donors (Lipinski definition) is 1. The van der Waals surface area contributed by atoms with E-state index in [1.807, 2.05) is 22.8 Å². The van der Waals surface area contributed by atoms with Gasteiger partial charge in [-0.3, -0.25) is 0 Å². The molecular formula is C13H16N2O2. The third-order valence-electron chi connectivity index (χ3n) is 2.79. The van der Waals surface area contributed by atoms with Crippen molar-refractivity contribution >= 4 is 0 Å². The fraction of sp³-hybridized carbons (Fsp3) is 0.308. The molecule has 4 nitrogen and oxygen atoms in total. The second kappa shape index (κ2) is 5.61. The number of hydrogen-bond acceptors (Lipinski definition) is 3. The zero-order valence-corrected chi connectivity index (χ0v) is 9.78. The van der Waals surface area contributed by atoms with Gasteiger partial charge >= 0.3 is 0 Å². The molecule has 0 aliphatic rings. The number of rotatable bonds is 5. The topological polar surface area (TPSA) is 47.3 Å². The summed E-state index contributed by atoms with van der Waals surface area (Å²) in [6.45, 7) is 2.21. The summed E-state index contributed by atoms with van der Waals surface area (Å²) in [6, 6.07) is 10.4. The van der Waals surface area contributed by atoms with Crippen LogP contribution in [-0.2, 0) is 11.3 Å². The van der Waals surface area contributed by atoms with Gasteiger partial charge in [-0.1, -0.05) is 30.3 Å². The number of benzene rings is 1. The standard InChI is InChI=1S/C13H16N2O2/c1-11(12-5-3-2-4-6-12)15-9-14-7-13(15)8-17-10-16/h2-7,9,11,16H,8,10H2,1H3/t11-/m1/s1. The Morgan fingerprint density at radius 1 is 1.35 bits per heavy atom. The Balaban J connectivity index is 2.19. The van der Waals surface area contributed by atoms with Crippen LogP contribution in [-0.4, -0.2) is 21.5 Å². The van der Waals surface area contributed by atoms with Gasteiger partial charge in [0.1, 0.15) is 6.79 Å². The van der Waals surface area contributed by atoms with Gasteiger partial charge in [-0.2, -0.15) is 0 Å². The predicted octanol–water partition coefficient (Wildman–Crippen LogP) is 1.96. The lowest BCUT2D eigenvalue weighted by Gasteiger charge is -2.16. The molecule has 0 spiro atoms. The molecule has 0 saturated carbocycles. The van der Waals surface area contributed by atoms with Crippen LogP contribution in [0, 0.1) is 0 Å². The summed E-state index contributed by atoms with van der Waals surface area (Å²) in [5.41, 5.74) is 2.17. The van der Waals surface area contributed by atoms with Crippen molar-refractivity contribution in [1.82, 2.24) is 9.55 Å². The second-order valence-electron chi connectivity index (χ2n) is 3.86. The highest BCUT2D eigenvalue weighted by molar-refractivity contribution is 5.20. The first-order valence-corrected chi connectivity index (χ1v) is 5.57. The molecule has 4 heteroatoms. The smallest absolute Gasteiger partial charge is 0.144 e. The van der Waals surface area contributed by atoms with Crippen LogP contribution in [0.1, 0.15) is 24.2 Å². The number of ether oxygens (including phenoxy) is 1.